The molecule has 0 bridgehead atoms. The SMILES string of the molecule is CC(C)[C@H](NS(=O)(=O)N(C)C)C(=O)N1CCCC1c1ncc(-c2ccc(-c3ccc(-c4cnc([C@@H]5CCCN5C(=O)[C@@H](NS(=O)(=O)N(C)C)C(C)C)[nH]4)cc3)cc2)[nH]1. The minimum absolute atomic E-state index is 0.248. The molecule has 4 N–H and O–H groups in total. The third kappa shape index (κ3) is 9.21. The number of nitrogens with one attached hydrogen (secondary N) is 4. The summed E-state index contributed by atoms with van der Waals surface area (Å²) < 4.78 is 57.7. The number of hydrogen-bond donors (Lipinski definition) is 4. The van der Waals surface area contributed by atoms with E-state index in [4.69, 9.17) is 0 Å². The zero-order valence-corrected chi connectivity index (χ0v) is 36.1. The average Bonchev–Trinajstić information content (AvgIpc) is 4.02. The lowest BCUT2D eigenvalue weighted by Crippen LogP contribution is -2.53. The van der Waals surface area contributed by atoms with Gasteiger partial charge >= 0.3 is 0 Å². The van der Waals surface area contributed by atoms with Crippen molar-refractivity contribution in [3.63, 3.8) is 0 Å². The van der Waals surface area contributed by atoms with Gasteiger partial charge in [-0.25, -0.2) is 9.97 Å². The number of nitrogens with zero attached hydrogens (tertiary/aromatic N) is 6. The quantitative estimate of drug-likeness (QED) is 0.136. The summed E-state index contributed by atoms with van der Waals surface area (Å²) in [6.45, 7) is 8.35. The predicted molar refractivity (Wildman–Crippen MR) is 223 cm³/mol. The van der Waals surface area contributed by atoms with Gasteiger partial charge in [0.1, 0.15) is 23.7 Å². The van der Waals surface area contributed by atoms with Gasteiger partial charge in [0.15, 0.2) is 0 Å². The van der Waals surface area contributed by atoms with E-state index in [2.05, 4.69) is 29.4 Å². The van der Waals surface area contributed by atoms with Crippen molar-refractivity contribution in [3.8, 4) is 33.6 Å². The first-order valence-corrected chi connectivity index (χ1v) is 22.6. The van der Waals surface area contributed by atoms with Crippen molar-refractivity contribution in [3.05, 3.63) is 72.6 Å². The van der Waals surface area contributed by atoms with Gasteiger partial charge in [-0.15, -0.1) is 0 Å². The molecule has 314 valence electrons. The van der Waals surface area contributed by atoms with Gasteiger partial charge in [0.25, 0.3) is 20.4 Å². The standard InChI is InChI=1S/C40H56N10O6S2/c1-25(2)35(45-57(53,54)47(5)6)39(51)49-21-9-11-33(49)37-41-23-31(43-37)29-17-13-27(14-18-29)28-15-19-30(20-16-28)32-24-42-38(44-32)34-12-10-22-50(34)40(52)36(26(3)4)46-58(55,56)48(7)8/h13-20,23-26,33-36,45-46H,9-12,21-22H2,1-8H3,(H,41,43)(H,42,44)/t33-,34?,35-,36-/m0/s1. The Morgan fingerprint density at radius 3 is 1.26 bits per heavy atom. The van der Waals surface area contributed by atoms with Crippen molar-refractivity contribution in [1.82, 2.24) is 47.8 Å². The molecule has 2 aliphatic heterocycles. The summed E-state index contributed by atoms with van der Waals surface area (Å²) in [5, 5.41) is 0. The molecule has 4 aromatic rings. The van der Waals surface area contributed by atoms with Crippen LogP contribution in [0.4, 0.5) is 0 Å². The molecule has 1 unspecified atom stereocenters. The lowest BCUT2D eigenvalue weighted by atomic mass is 10.0. The number of benzene rings is 2. The molecule has 0 radical (unpaired) electrons. The topological polar surface area (TPSA) is 197 Å². The minimum atomic E-state index is -3.80. The monoisotopic (exact) mass is 836 g/mol. The Morgan fingerprint density at radius 1 is 0.621 bits per heavy atom. The van der Waals surface area contributed by atoms with Crippen molar-refractivity contribution < 1.29 is 26.4 Å². The van der Waals surface area contributed by atoms with Crippen LogP contribution in [-0.4, -0.2) is 120 Å². The van der Waals surface area contributed by atoms with E-state index in [0.29, 0.717) is 24.7 Å². The van der Waals surface area contributed by atoms with Gasteiger partial charge in [0, 0.05) is 41.3 Å². The Bertz CT molecular complexity index is 2130. The highest BCUT2D eigenvalue weighted by Crippen LogP contribution is 2.35. The number of hydrogen-bond acceptors (Lipinski definition) is 8. The van der Waals surface area contributed by atoms with Crippen LogP contribution in [-0.2, 0) is 30.0 Å². The molecule has 2 aromatic carbocycles. The number of rotatable bonds is 15. The molecule has 4 atom stereocenters. The minimum Gasteiger partial charge on any atom is -0.340 e. The number of aromatic nitrogens is 4. The molecule has 6 rings (SSSR count). The van der Waals surface area contributed by atoms with Crippen LogP contribution < -0.4 is 9.44 Å². The van der Waals surface area contributed by atoms with E-state index in [0.717, 1.165) is 67.9 Å². The van der Waals surface area contributed by atoms with E-state index in [-0.39, 0.29) is 35.7 Å². The first kappa shape index (κ1) is 43.1. The van der Waals surface area contributed by atoms with Crippen molar-refractivity contribution in [1.29, 1.82) is 0 Å². The molecule has 4 heterocycles. The van der Waals surface area contributed by atoms with Crippen LogP contribution in [0.15, 0.2) is 60.9 Å². The molecule has 58 heavy (non-hydrogen) atoms. The number of carbonyl (C=O) groups excluding carboxylic acids is 2. The third-order valence-electron chi connectivity index (χ3n) is 11.0. The van der Waals surface area contributed by atoms with Gasteiger partial charge in [-0.05, 0) is 59.8 Å². The molecule has 2 fully saturated rings. The van der Waals surface area contributed by atoms with E-state index in [1.165, 1.54) is 28.2 Å². The molecular formula is C40H56N10O6S2. The zero-order valence-electron chi connectivity index (χ0n) is 34.4. The number of H-pyrrole nitrogens is 2. The summed E-state index contributed by atoms with van der Waals surface area (Å²) in [6.07, 6.45) is 6.55. The summed E-state index contributed by atoms with van der Waals surface area (Å²) in [4.78, 5) is 47.0. The fourth-order valence-electron chi connectivity index (χ4n) is 7.45. The lowest BCUT2D eigenvalue weighted by Gasteiger charge is -2.30. The Morgan fingerprint density at radius 2 is 0.948 bits per heavy atom. The second kappa shape index (κ2) is 17.4. The van der Waals surface area contributed by atoms with Gasteiger partial charge in [-0.2, -0.15) is 34.9 Å². The van der Waals surface area contributed by atoms with Crippen LogP contribution in [0.5, 0.6) is 0 Å². The Kier molecular flexibility index (Phi) is 12.9. The zero-order chi connectivity index (χ0) is 42.1. The van der Waals surface area contributed by atoms with Crippen LogP contribution in [0.1, 0.15) is 77.1 Å². The Hall–Kier alpha value is -4.46. The summed E-state index contributed by atoms with van der Waals surface area (Å²) in [5.41, 5.74) is 5.56. The molecule has 2 aromatic heterocycles. The van der Waals surface area contributed by atoms with Crippen LogP contribution in [0.2, 0.25) is 0 Å². The fourth-order valence-corrected chi connectivity index (χ4v) is 9.26. The smallest absolute Gasteiger partial charge is 0.279 e. The van der Waals surface area contributed by atoms with Crippen LogP contribution in [0.25, 0.3) is 33.6 Å². The maximum absolute atomic E-state index is 13.7. The molecule has 2 amide bonds. The predicted octanol–water partition coefficient (Wildman–Crippen LogP) is 4.30. The number of imidazole rings is 2. The fraction of sp³-hybridized carbons (Fsp3) is 0.500. The summed E-state index contributed by atoms with van der Waals surface area (Å²) in [6, 6.07) is 13.9. The average molecular weight is 837 g/mol. The van der Waals surface area contributed by atoms with Gasteiger partial charge in [0.2, 0.25) is 11.8 Å². The van der Waals surface area contributed by atoms with Crippen molar-refractivity contribution in [2.24, 2.45) is 11.8 Å². The largest absolute Gasteiger partial charge is 0.340 e. The second-order valence-electron chi connectivity index (χ2n) is 16.2. The van der Waals surface area contributed by atoms with Crippen LogP contribution >= 0.6 is 0 Å². The molecule has 0 spiro atoms. The van der Waals surface area contributed by atoms with Crippen LogP contribution in [0, 0.1) is 11.8 Å². The second-order valence-corrected chi connectivity index (χ2v) is 20.0. The van der Waals surface area contributed by atoms with Crippen molar-refractivity contribution in [2.45, 2.75) is 77.5 Å². The van der Waals surface area contributed by atoms with Gasteiger partial charge in [-0.1, -0.05) is 76.2 Å². The van der Waals surface area contributed by atoms with Gasteiger partial charge in [0.05, 0.1) is 35.9 Å². The van der Waals surface area contributed by atoms with Crippen LogP contribution in [0.3, 0.4) is 0 Å². The molecule has 2 aliphatic rings. The summed E-state index contributed by atoms with van der Waals surface area (Å²) in [5.74, 6) is 0.312. The van der Waals surface area contributed by atoms with E-state index in [1.54, 1.807) is 22.2 Å². The highest BCUT2D eigenvalue weighted by molar-refractivity contribution is 7.87. The number of carbonyl (C=O) groups is 2. The first-order valence-electron chi connectivity index (χ1n) is 19.7. The number of aromatic amines is 2. The summed E-state index contributed by atoms with van der Waals surface area (Å²) >= 11 is 0. The molecular weight excluding hydrogens is 781 g/mol. The van der Waals surface area contributed by atoms with Gasteiger partial charge in [-0.3, -0.25) is 9.59 Å². The Labute approximate surface area is 342 Å². The maximum Gasteiger partial charge on any atom is 0.279 e. The van der Waals surface area contributed by atoms with E-state index < -0.39 is 32.5 Å². The molecule has 18 heteroatoms. The first-order chi connectivity index (χ1) is 27.4. The number of likely N-dealkylation sites (tertiary alicyclic amines) is 2. The number of amides is 2. The normalized spacial score (nSPS) is 18.9. The maximum atomic E-state index is 13.7. The van der Waals surface area contributed by atoms with E-state index >= 15 is 0 Å². The third-order valence-corrected chi connectivity index (χ3v) is 14.0. The molecule has 16 nitrogen and oxygen atoms in total. The summed E-state index contributed by atoms with van der Waals surface area (Å²) in [7, 11) is -1.89. The van der Waals surface area contributed by atoms with E-state index in [9.17, 15) is 26.4 Å². The van der Waals surface area contributed by atoms with Crippen molar-refractivity contribution >= 4 is 32.2 Å². The highest BCUT2D eigenvalue weighted by Gasteiger charge is 2.40. The molecule has 2 saturated heterocycles. The lowest BCUT2D eigenvalue weighted by molar-refractivity contribution is -0.135. The van der Waals surface area contributed by atoms with Crippen molar-refractivity contribution in [2.75, 3.05) is 41.3 Å². The Balaban J connectivity index is 1.11. The van der Waals surface area contributed by atoms with E-state index in [1.807, 2.05) is 76.2 Å². The molecule has 0 saturated carbocycles. The van der Waals surface area contributed by atoms with Gasteiger partial charge < -0.3 is 19.8 Å². The highest BCUT2D eigenvalue weighted by atomic mass is 32.2. The molecule has 0 aliphatic carbocycles.